The SMILES string of the molecule is CS(=O)(=O)Nc1ccc(-c2nc(N3CCOCC3)c3sc(CN4CCN(S(C)(=O)=O)CC4)cc3n2)cc1. The Hall–Kier alpha value is -2.36. The van der Waals surface area contributed by atoms with Crippen LogP contribution in [0.15, 0.2) is 30.3 Å². The Morgan fingerprint density at radius 1 is 0.946 bits per heavy atom. The van der Waals surface area contributed by atoms with Crippen LogP contribution in [0, 0.1) is 0 Å². The Bertz CT molecular complexity index is 1480. The van der Waals surface area contributed by atoms with Gasteiger partial charge in [0, 0.05) is 61.9 Å². The van der Waals surface area contributed by atoms with Crippen molar-refractivity contribution in [3.8, 4) is 11.4 Å². The van der Waals surface area contributed by atoms with Crippen LogP contribution in [0.25, 0.3) is 21.6 Å². The molecule has 0 spiro atoms. The Balaban J connectivity index is 1.43. The summed E-state index contributed by atoms with van der Waals surface area (Å²) < 4.78 is 57.3. The summed E-state index contributed by atoms with van der Waals surface area (Å²) in [5, 5.41) is 0. The molecule has 0 aliphatic carbocycles. The minimum atomic E-state index is -3.36. The van der Waals surface area contributed by atoms with Crippen molar-refractivity contribution in [3.63, 3.8) is 0 Å². The van der Waals surface area contributed by atoms with E-state index >= 15 is 0 Å². The van der Waals surface area contributed by atoms with E-state index in [-0.39, 0.29) is 0 Å². The molecule has 0 saturated carbocycles. The summed E-state index contributed by atoms with van der Waals surface area (Å²) in [7, 11) is -6.52. The minimum absolute atomic E-state index is 0.481. The molecule has 1 aromatic carbocycles. The van der Waals surface area contributed by atoms with Crippen molar-refractivity contribution in [1.82, 2.24) is 19.2 Å². The van der Waals surface area contributed by atoms with Crippen molar-refractivity contribution in [3.05, 3.63) is 35.2 Å². The van der Waals surface area contributed by atoms with Gasteiger partial charge in [-0.25, -0.2) is 26.8 Å². The molecule has 14 heteroatoms. The van der Waals surface area contributed by atoms with E-state index in [1.54, 1.807) is 23.5 Å². The maximum absolute atomic E-state index is 11.8. The van der Waals surface area contributed by atoms with Crippen LogP contribution >= 0.6 is 11.3 Å². The largest absolute Gasteiger partial charge is 0.378 e. The Kier molecular flexibility index (Phi) is 7.40. The third kappa shape index (κ3) is 6.38. The topological polar surface area (TPSA) is 125 Å². The summed E-state index contributed by atoms with van der Waals surface area (Å²) in [6.07, 6.45) is 2.38. The number of hydrogen-bond donors (Lipinski definition) is 1. The van der Waals surface area contributed by atoms with Gasteiger partial charge in [0.15, 0.2) is 11.6 Å². The normalized spacial score (nSPS) is 18.4. The molecule has 37 heavy (non-hydrogen) atoms. The van der Waals surface area contributed by atoms with Crippen LogP contribution < -0.4 is 9.62 Å². The van der Waals surface area contributed by atoms with E-state index in [1.807, 2.05) is 12.1 Å². The zero-order valence-corrected chi connectivity index (χ0v) is 23.2. The highest BCUT2D eigenvalue weighted by Crippen LogP contribution is 2.35. The van der Waals surface area contributed by atoms with Gasteiger partial charge in [-0.1, -0.05) is 0 Å². The molecule has 1 N–H and O–H groups in total. The van der Waals surface area contributed by atoms with Crippen LogP contribution in [0.3, 0.4) is 0 Å². The lowest BCUT2D eigenvalue weighted by Crippen LogP contribution is -2.47. The van der Waals surface area contributed by atoms with Crippen molar-refractivity contribution >= 4 is 53.1 Å². The van der Waals surface area contributed by atoms with Gasteiger partial charge in [0.05, 0.1) is 35.9 Å². The van der Waals surface area contributed by atoms with Crippen LogP contribution in [0.5, 0.6) is 0 Å². The molecular weight excluding hydrogens is 536 g/mol. The van der Waals surface area contributed by atoms with Gasteiger partial charge >= 0.3 is 0 Å². The smallest absolute Gasteiger partial charge is 0.229 e. The number of piperazine rings is 1. The van der Waals surface area contributed by atoms with Crippen molar-refractivity contribution in [2.45, 2.75) is 6.54 Å². The van der Waals surface area contributed by atoms with Crippen LogP contribution in [0.4, 0.5) is 11.5 Å². The maximum atomic E-state index is 11.8. The number of nitrogens with zero attached hydrogens (tertiary/aromatic N) is 5. The number of thiophene rings is 1. The summed E-state index contributed by atoms with van der Waals surface area (Å²) in [4.78, 5) is 15.4. The number of hydrogen-bond acceptors (Lipinski definition) is 10. The number of aromatic nitrogens is 2. The van der Waals surface area contributed by atoms with Gasteiger partial charge < -0.3 is 9.64 Å². The van der Waals surface area contributed by atoms with Gasteiger partial charge in [0.2, 0.25) is 20.0 Å². The fraction of sp³-hybridized carbons (Fsp3) is 0.478. The number of ether oxygens (including phenoxy) is 1. The second kappa shape index (κ2) is 10.4. The summed E-state index contributed by atoms with van der Waals surface area (Å²) >= 11 is 1.67. The first-order chi connectivity index (χ1) is 17.5. The maximum Gasteiger partial charge on any atom is 0.229 e. The van der Waals surface area contributed by atoms with Crippen LogP contribution in [-0.2, 0) is 31.3 Å². The molecule has 0 bridgehead atoms. The van der Waals surface area contributed by atoms with E-state index in [4.69, 9.17) is 14.7 Å². The number of fused-ring (bicyclic) bond motifs is 1. The van der Waals surface area contributed by atoms with Gasteiger partial charge in [-0.3, -0.25) is 9.62 Å². The Morgan fingerprint density at radius 3 is 2.24 bits per heavy atom. The molecule has 2 aromatic heterocycles. The zero-order valence-electron chi connectivity index (χ0n) is 20.8. The molecule has 0 amide bonds. The second-order valence-electron chi connectivity index (χ2n) is 9.29. The predicted molar refractivity (Wildman–Crippen MR) is 146 cm³/mol. The van der Waals surface area contributed by atoms with Crippen LogP contribution in [0.1, 0.15) is 4.88 Å². The molecule has 0 unspecified atom stereocenters. The molecule has 5 rings (SSSR count). The minimum Gasteiger partial charge on any atom is -0.378 e. The van der Waals surface area contributed by atoms with E-state index in [2.05, 4.69) is 20.6 Å². The van der Waals surface area contributed by atoms with Gasteiger partial charge in [-0.05, 0) is 30.3 Å². The first-order valence-corrected chi connectivity index (χ1v) is 16.5. The quantitative estimate of drug-likeness (QED) is 0.454. The first kappa shape index (κ1) is 26.3. The zero-order chi connectivity index (χ0) is 26.2. The first-order valence-electron chi connectivity index (χ1n) is 11.9. The highest BCUT2D eigenvalue weighted by Gasteiger charge is 2.25. The fourth-order valence-corrected chi connectivity index (χ4v) is 7.05. The highest BCUT2D eigenvalue weighted by molar-refractivity contribution is 7.92. The van der Waals surface area contributed by atoms with Gasteiger partial charge in [0.25, 0.3) is 0 Å². The summed E-state index contributed by atoms with van der Waals surface area (Å²) in [5.74, 6) is 1.45. The number of benzene rings is 1. The van der Waals surface area contributed by atoms with Crippen LogP contribution in [-0.4, -0.2) is 101 Å². The van der Waals surface area contributed by atoms with E-state index in [0.29, 0.717) is 50.9 Å². The molecule has 2 aliphatic rings. The molecule has 4 heterocycles. The molecule has 2 saturated heterocycles. The molecule has 2 fully saturated rings. The second-order valence-corrected chi connectivity index (χ2v) is 14.2. The molecule has 11 nitrogen and oxygen atoms in total. The molecule has 200 valence electrons. The number of sulfonamides is 2. The van der Waals surface area contributed by atoms with Crippen molar-refractivity contribution in [1.29, 1.82) is 0 Å². The number of rotatable bonds is 7. The monoisotopic (exact) mass is 566 g/mol. The molecule has 3 aromatic rings. The lowest BCUT2D eigenvalue weighted by atomic mass is 10.2. The highest BCUT2D eigenvalue weighted by atomic mass is 32.2. The lowest BCUT2D eigenvalue weighted by Gasteiger charge is -2.32. The van der Waals surface area contributed by atoms with E-state index in [9.17, 15) is 16.8 Å². The summed E-state index contributed by atoms with van der Waals surface area (Å²) in [5.41, 5.74) is 2.13. The summed E-state index contributed by atoms with van der Waals surface area (Å²) in [6.45, 7) is 5.83. The lowest BCUT2D eigenvalue weighted by molar-refractivity contribution is 0.122. The average molecular weight is 567 g/mol. The Morgan fingerprint density at radius 2 is 1.62 bits per heavy atom. The average Bonchev–Trinajstić information content (AvgIpc) is 3.25. The molecule has 2 aliphatic heterocycles. The van der Waals surface area contributed by atoms with Gasteiger partial charge in [0.1, 0.15) is 0 Å². The van der Waals surface area contributed by atoms with E-state index in [1.165, 1.54) is 10.6 Å². The standard InChI is InChI=1S/C23H30N6O5S3/c1-36(30,31)26-18-5-3-17(4-6-18)22-24-20-15-19(16-27-7-9-29(10-8-27)37(2,32)33)35-21(20)23(25-22)28-11-13-34-14-12-28/h3-6,15,26H,7-14,16H2,1-2H3. The third-order valence-corrected chi connectivity index (χ3v) is 9.36. The molecule has 0 radical (unpaired) electrons. The van der Waals surface area contributed by atoms with Crippen molar-refractivity contribution in [2.24, 2.45) is 0 Å². The number of nitrogens with one attached hydrogen (secondary N) is 1. The van der Waals surface area contributed by atoms with E-state index < -0.39 is 20.0 Å². The van der Waals surface area contributed by atoms with E-state index in [0.717, 1.165) is 52.4 Å². The molecular formula is C23H30N6O5S3. The predicted octanol–water partition coefficient (Wildman–Crippen LogP) is 1.64. The van der Waals surface area contributed by atoms with Gasteiger partial charge in [-0.15, -0.1) is 11.3 Å². The van der Waals surface area contributed by atoms with Crippen LogP contribution in [0.2, 0.25) is 0 Å². The summed E-state index contributed by atoms with van der Waals surface area (Å²) in [6, 6.07) is 9.12. The number of anilines is 2. The van der Waals surface area contributed by atoms with Crippen molar-refractivity contribution in [2.75, 3.05) is 74.6 Å². The fourth-order valence-electron chi connectivity index (χ4n) is 4.50. The van der Waals surface area contributed by atoms with Gasteiger partial charge in [-0.2, -0.15) is 4.31 Å². The number of morpholine rings is 1. The molecule has 0 atom stereocenters. The Labute approximate surface area is 221 Å². The van der Waals surface area contributed by atoms with Crippen molar-refractivity contribution < 1.29 is 21.6 Å². The third-order valence-electron chi connectivity index (χ3n) is 6.34.